The molecule has 0 aliphatic carbocycles. The number of ether oxygens (including phenoxy) is 1. The molecule has 112 valence electrons. The Bertz CT molecular complexity index is 623. The lowest BCUT2D eigenvalue weighted by Crippen LogP contribution is -2.06. The summed E-state index contributed by atoms with van der Waals surface area (Å²) in [6.45, 7) is 2.08. The van der Waals surface area contributed by atoms with Crippen LogP contribution in [0, 0.1) is 6.92 Å². The maximum atomic E-state index is 12.6. The van der Waals surface area contributed by atoms with Gasteiger partial charge in [-0.2, -0.15) is 13.2 Å². The van der Waals surface area contributed by atoms with Crippen LogP contribution in [0.2, 0.25) is 0 Å². The highest BCUT2D eigenvalue weighted by atomic mass is 79.9. The van der Waals surface area contributed by atoms with E-state index in [1.807, 2.05) is 25.1 Å². The van der Waals surface area contributed by atoms with Crippen molar-refractivity contribution in [2.75, 3.05) is 0 Å². The van der Waals surface area contributed by atoms with E-state index in [0.717, 1.165) is 23.3 Å². The molecule has 5 heteroatoms. The molecule has 0 amide bonds. The summed E-state index contributed by atoms with van der Waals surface area (Å²) in [5, 5.41) is 0.632. The Labute approximate surface area is 129 Å². The smallest absolute Gasteiger partial charge is 0.416 e. The fourth-order valence-corrected chi connectivity index (χ4v) is 2.39. The molecular weight excluding hydrogens is 345 g/mol. The van der Waals surface area contributed by atoms with Crippen molar-refractivity contribution >= 4 is 15.9 Å². The third-order valence-electron chi connectivity index (χ3n) is 3.01. The fourth-order valence-electron chi connectivity index (χ4n) is 1.95. The monoisotopic (exact) mass is 358 g/mol. The Balaban J connectivity index is 2.13. The highest BCUT2D eigenvalue weighted by molar-refractivity contribution is 9.08. The van der Waals surface area contributed by atoms with Crippen molar-refractivity contribution < 1.29 is 17.9 Å². The average molecular weight is 359 g/mol. The first kappa shape index (κ1) is 15.9. The molecule has 0 saturated carbocycles. The average Bonchev–Trinajstić information content (AvgIpc) is 2.45. The third kappa shape index (κ3) is 4.24. The zero-order chi connectivity index (χ0) is 15.5. The molecule has 0 aromatic heterocycles. The van der Waals surface area contributed by atoms with Crippen LogP contribution in [-0.2, 0) is 18.1 Å². The lowest BCUT2D eigenvalue weighted by molar-refractivity contribution is -0.137. The maximum absolute atomic E-state index is 12.6. The summed E-state index contributed by atoms with van der Waals surface area (Å²) < 4.78 is 43.6. The van der Waals surface area contributed by atoms with Crippen molar-refractivity contribution in [1.82, 2.24) is 0 Å². The fraction of sp³-hybridized carbons (Fsp3) is 0.250. The molecule has 0 atom stereocenters. The highest BCUT2D eigenvalue weighted by Gasteiger charge is 2.30. The molecule has 2 aromatic rings. The maximum Gasteiger partial charge on any atom is 0.416 e. The molecular formula is C16H14BrF3O. The largest absolute Gasteiger partial charge is 0.489 e. The van der Waals surface area contributed by atoms with Crippen LogP contribution in [0.25, 0.3) is 0 Å². The lowest BCUT2D eigenvalue weighted by atomic mass is 10.1. The number of rotatable bonds is 4. The van der Waals surface area contributed by atoms with Crippen LogP contribution < -0.4 is 4.74 Å². The first-order valence-corrected chi connectivity index (χ1v) is 7.46. The van der Waals surface area contributed by atoms with Crippen LogP contribution in [0.3, 0.4) is 0 Å². The zero-order valence-electron chi connectivity index (χ0n) is 11.4. The molecule has 0 spiro atoms. The van der Waals surface area contributed by atoms with Gasteiger partial charge in [0.1, 0.15) is 12.4 Å². The number of alkyl halides is 4. The molecule has 0 heterocycles. The van der Waals surface area contributed by atoms with Crippen LogP contribution >= 0.6 is 15.9 Å². The summed E-state index contributed by atoms with van der Waals surface area (Å²) in [5.74, 6) is 0.676. The Hall–Kier alpha value is -1.49. The van der Waals surface area contributed by atoms with Gasteiger partial charge in [-0.05, 0) is 30.7 Å². The molecule has 0 N–H and O–H groups in total. The summed E-state index contributed by atoms with van der Waals surface area (Å²) in [6, 6.07) is 10.9. The first-order valence-electron chi connectivity index (χ1n) is 6.34. The van der Waals surface area contributed by atoms with Crippen LogP contribution in [0.15, 0.2) is 42.5 Å². The van der Waals surface area contributed by atoms with Crippen molar-refractivity contribution in [2.24, 2.45) is 0 Å². The van der Waals surface area contributed by atoms with Gasteiger partial charge in [0.2, 0.25) is 0 Å². The Morgan fingerprint density at radius 3 is 2.52 bits per heavy atom. The quantitative estimate of drug-likeness (QED) is 0.656. The van der Waals surface area contributed by atoms with E-state index in [4.69, 9.17) is 4.74 Å². The Kier molecular flexibility index (Phi) is 4.93. The number of benzene rings is 2. The topological polar surface area (TPSA) is 9.23 Å². The summed E-state index contributed by atoms with van der Waals surface area (Å²) in [6.07, 6.45) is -4.33. The Morgan fingerprint density at radius 1 is 1.10 bits per heavy atom. The van der Waals surface area contributed by atoms with Gasteiger partial charge < -0.3 is 4.74 Å². The van der Waals surface area contributed by atoms with Crippen LogP contribution in [-0.4, -0.2) is 0 Å². The number of aryl methyl sites for hydroxylation is 1. The minimum atomic E-state index is -4.33. The molecule has 1 nitrogen and oxygen atoms in total. The molecule has 0 unspecified atom stereocenters. The molecule has 0 radical (unpaired) electrons. The van der Waals surface area contributed by atoms with Gasteiger partial charge in [0.15, 0.2) is 0 Å². The highest BCUT2D eigenvalue weighted by Crippen LogP contribution is 2.30. The second-order valence-electron chi connectivity index (χ2n) is 4.73. The number of halogens is 4. The van der Waals surface area contributed by atoms with Gasteiger partial charge >= 0.3 is 6.18 Å². The third-order valence-corrected chi connectivity index (χ3v) is 3.61. The minimum Gasteiger partial charge on any atom is -0.489 e. The molecule has 0 aliphatic rings. The van der Waals surface area contributed by atoms with E-state index in [1.165, 1.54) is 6.07 Å². The standard InChI is InChI=1S/C16H14BrF3O/c1-11-5-6-15(13(7-11)9-17)21-10-12-3-2-4-14(8-12)16(18,19)20/h2-8H,9-10H2,1H3. The SMILES string of the molecule is Cc1ccc(OCc2cccc(C(F)(F)F)c2)c(CBr)c1. The molecule has 21 heavy (non-hydrogen) atoms. The van der Waals surface area contributed by atoms with Crippen molar-refractivity contribution in [3.8, 4) is 5.75 Å². The van der Waals surface area contributed by atoms with Crippen LogP contribution in [0.1, 0.15) is 22.3 Å². The molecule has 2 aromatic carbocycles. The van der Waals surface area contributed by atoms with E-state index in [1.54, 1.807) is 6.07 Å². The van der Waals surface area contributed by atoms with Crippen LogP contribution in [0.5, 0.6) is 5.75 Å². The molecule has 0 bridgehead atoms. The van der Waals surface area contributed by atoms with Gasteiger partial charge in [-0.3, -0.25) is 0 Å². The molecule has 2 rings (SSSR count). The van der Waals surface area contributed by atoms with E-state index in [2.05, 4.69) is 15.9 Å². The summed E-state index contributed by atoms with van der Waals surface area (Å²) >= 11 is 3.38. The first-order chi connectivity index (χ1) is 9.90. The summed E-state index contributed by atoms with van der Waals surface area (Å²) in [7, 11) is 0. The van der Waals surface area contributed by atoms with Gasteiger partial charge in [-0.15, -0.1) is 0 Å². The number of hydrogen-bond donors (Lipinski definition) is 0. The molecule has 0 fully saturated rings. The van der Waals surface area contributed by atoms with Crippen LogP contribution in [0.4, 0.5) is 13.2 Å². The van der Waals surface area contributed by atoms with Crippen molar-refractivity contribution in [2.45, 2.75) is 25.0 Å². The zero-order valence-corrected chi connectivity index (χ0v) is 13.0. The van der Waals surface area contributed by atoms with E-state index in [9.17, 15) is 13.2 Å². The second-order valence-corrected chi connectivity index (χ2v) is 5.29. The van der Waals surface area contributed by atoms with E-state index < -0.39 is 11.7 Å². The second kappa shape index (κ2) is 6.52. The molecule has 0 aliphatic heterocycles. The lowest BCUT2D eigenvalue weighted by Gasteiger charge is -2.12. The normalized spacial score (nSPS) is 11.5. The van der Waals surface area contributed by atoms with Crippen molar-refractivity contribution in [3.63, 3.8) is 0 Å². The number of hydrogen-bond acceptors (Lipinski definition) is 1. The van der Waals surface area contributed by atoms with E-state index >= 15 is 0 Å². The predicted molar refractivity (Wildman–Crippen MR) is 79.6 cm³/mol. The van der Waals surface area contributed by atoms with E-state index in [-0.39, 0.29) is 6.61 Å². The molecule has 0 saturated heterocycles. The summed E-state index contributed by atoms with van der Waals surface area (Å²) in [4.78, 5) is 0. The predicted octanol–water partition coefficient (Wildman–Crippen LogP) is 5.49. The van der Waals surface area contributed by atoms with Crippen molar-refractivity contribution in [3.05, 3.63) is 64.7 Å². The minimum absolute atomic E-state index is 0.104. The van der Waals surface area contributed by atoms with Gasteiger partial charge in [-0.1, -0.05) is 45.8 Å². The van der Waals surface area contributed by atoms with Gasteiger partial charge in [0.05, 0.1) is 5.56 Å². The summed E-state index contributed by atoms with van der Waals surface area (Å²) in [5.41, 5.74) is 1.91. The van der Waals surface area contributed by atoms with E-state index in [0.29, 0.717) is 16.6 Å². The Morgan fingerprint density at radius 2 is 1.86 bits per heavy atom. The van der Waals surface area contributed by atoms with Gasteiger partial charge in [0.25, 0.3) is 0 Å². The van der Waals surface area contributed by atoms with Gasteiger partial charge in [0, 0.05) is 10.9 Å². The van der Waals surface area contributed by atoms with Gasteiger partial charge in [-0.25, -0.2) is 0 Å². The van der Waals surface area contributed by atoms with Crippen molar-refractivity contribution in [1.29, 1.82) is 0 Å².